The average Bonchev–Trinajstić information content (AvgIpc) is 3.32. The maximum Gasteiger partial charge on any atom is 0.293 e. The van der Waals surface area contributed by atoms with E-state index in [2.05, 4.69) is 5.32 Å². The normalized spacial score (nSPS) is 12.8. The molecule has 2 aromatic carbocycles. The molecule has 7 nitrogen and oxygen atoms in total. The van der Waals surface area contributed by atoms with E-state index in [1.54, 1.807) is 54.5 Å². The molecular formula is C23H22N2O5. The molecule has 4 rings (SSSR count). The second-order valence-corrected chi connectivity index (χ2v) is 6.90. The number of anilines is 2. The molecule has 0 bridgehead atoms. The van der Waals surface area contributed by atoms with E-state index in [-0.39, 0.29) is 18.4 Å². The second-order valence-electron chi connectivity index (χ2n) is 6.90. The van der Waals surface area contributed by atoms with Gasteiger partial charge < -0.3 is 24.1 Å². The van der Waals surface area contributed by atoms with Crippen LogP contribution in [0.15, 0.2) is 65.3 Å². The van der Waals surface area contributed by atoms with Gasteiger partial charge in [-0.3, -0.25) is 9.59 Å². The van der Waals surface area contributed by atoms with Crippen LogP contribution in [-0.2, 0) is 11.2 Å². The van der Waals surface area contributed by atoms with Gasteiger partial charge in [0.25, 0.3) is 11.8 Å². The molecule has 3 aromatic rings. The number of ether oxygens (including phenoxy) is 2. The minimum Gasteiger partial charge on any atom is -0.497 e. The van der Waals surface area contributed by atoms with Crippen LogP contribution in [0.1, 0.15) is 22.5 Å². The number of aryl methyl sites for hydroxylation is 1. The lowest BCUT2D eigenvalue weighted by Gasteiger charge is -2.29. The monoisotopic (exact) mass is 406 g/mol. The van der Waals surface area contributed by atoms with Crippen molar-refractivity contribution in [2.24, 2.45) is 0 Å². The Morgan fingerprint density at radius 1 is 1.10 bits per heavy atom. The number of nitrogens with zero attached hydrogens (tertiary/aromatic N) is 1. The first-order valence-electron chi connectivity index (χ1n) is 9.69. The summed E-state index contributed by atoms with van der Waals surface area (Å²) >= 11 is 0. The summed E-state index contributed by atoms with van der Waals surface area (Å²) in [5.41, 5.74) is 2.52. The molecule has 1 N–H and O–H groups in total. The third kappa shape index (κ3) is 4.30. The van der Waals surface area contributed by atoms with E-state index in [0.717, 1.165) is 24.1 Å². The maximum atomic E-state index is 12.7. The van der Waals surface area contributed by atoms with Crippen LogP contribution < -0.4 is 19.7 Å². The SMILES string of the molecule is COc1cccc(OCC(=O)Nc2ccc3c(c2)CCCN3C(=O)c2ccco2)c1. The van der Waals surface area contributed by atoms with Crippen LogP contribution in [0, 0.1) is 0 Å². The molecule has 0 saturated heterocycles. The van der Waals surface area contributed by atoms with Crippen LogP contribution in [0.25, 0.3) is 0 Å². The minimum absolute atomic E-state index is 0.118. The smallest absolute Gasteiger partial charge is 0.293 e. The van der Waals surface area contributed by atoms with Gasteiger partial charge in [-0.15, -0.1) is 0 Å². The second kappa shape index (κ2) is 8.73. The number of carbonyl (C=O) groups is 2. The van der Waals surface area contributed by atoms with Gasteiger partial charge in [-0.2, -0.15) is 0 Å². The van der Waals surface area contributed by atoms with E-state index in [1.807, 2.05) is 12.1 Å². The maximum absolute atomic E-state index is 12.7. The van der Waals surface area contributed by atoms with Crippen LogP contribution in [0.2, 0.25) is 0 Å². The molecule has 0 fully saturated rings. The van der Waals surface area contributed by atoms with Gasteiger partial charge in [0.15, 0.2) is 12.4 Å². The standard InChI is InChI=1S/C23H22N2O5/c1-28-18-6-2-7-19(14-18)30-15-22(26)24-17-9-10-20-16(13-17)5-3-11-25(20)23(27)21-8-4-12-29-21/h2,4,6-10,12-14H,3,5,11,15H2,1H3,(H,24,26). The number of carbonyl (C=O) groups excluding carboxylic acids is 2. The molecule has 0 unspecified atom stereocenters. The van der Waals surface area contributed by atoms with Crippen molar-refractivity contribution in [1.29, 1.82) is 0 Å². The van der Waals surface area contributed by atoms with Crippen molar-refractivity contribution in [2.75, 3.05) is 30.5 Å². The highest BCUT2D eigenvalue weighted by molar-refractivity contribution is 6.05. The first-order chi connectivity index (χ1) is 14.6. The summed E-state index contributed by atoms with van der Waals surface area (Å²) in [7, 11) is 1.57. The Morgan fingerprint density at radius 2 is 1.97 bits per heavy atom. The Hall–Kier alpha value is -3.74. The zero-order valence-electron chi connectivity index (χ0n) is 16.6. The number of rotatable bonds is 6. The molecule has 30 heavy (non-hydrogen) atoms. The quantitative estimate of drug-likeness (QED) is 0.672. The fourth-order valence-corrected chi connectivity index (χ4v) is 3.46. The minimum atomic E-state index is -0.267. The van der Waals surface area contributed by atoms with Crippen LogP contribution in [0.4, 0.5) is 11.4 Å². The average molecular weight is 406 g/mol. The van der Waals surface area contributed by atoms with Gasteiger partial charge in [-0.05, 0) is 60.9 Å². The van der Waals surface area contributed by atoms with Gasteiger partial charge in [0.2, 0.25) is 0 Å². The molecule has 1 aromatic heterocycles. The highest BCUT2D eigenvalue weighted by atomic mass is 16.5. The molecule has 0 spiro atoms. The van der Waals surface area contributed by atoms with Crippen LogP contribution in [0.5, 0.6) is 11.5 Å². The summed E-state index contributed by atoms with van der Waals surface area (Å²) in [6, 6.07) is 16.0. The number of fused-ring (bicyclic) bond motifs is 1. The van der Waals surface area contributed by atoms with Gasteiger partial charge in [-0.1, -0.05) is 6.07 Å². The fourth-order valence-electron chi connectivity index (χ4n) is 3.46. The summed E-state index contributed by atoms with van der Waals surface area (Å²) in [6.07, 6.45) is 3.17. The molecule has 0 saturated carbocycles. The summed E-state index contributed by atoms with van der Waals surface area (Å²) in [5.74, 6) is 1.11. The number of amides is 2. The predicted molar refractivity (Wildman–Crippen MR) is 112 cm³/mol. The van der Waals surface area contributed by atoms with E-state index >= 15 is 0 Å². The van der Waals surface area contributed by atoms with E-state index in [9.17, 15) is 9.59 Å². The lowest BCUT2D eigenvalue weighted by Crippen LogP contribution is -2.35. The van der Waals surface area contributed by atoms with E-state index < -0.39 is 0 Å². The van der Waals surface area contributed by atoms with Crippen molar-refractivity contribution in [1.82, 2.24) is 0 Å². The molecule has 0 atom stereocenters. The topological polar surface area (TPSA) is 81.0 Å². The van der Waals surface area contributed by atoms with Crippen molar-refractivity contribution < 1.29 is 23.5 Å². The first-order valence-corrected chi connectivity index (χ1v) is 9.69. The van der Waals surface area contributed by atoms with Crippen molar-refractivity contribution >= 4 is 23.2 Å². The Kier molecular flexibility index (Phi) is 5.70. The number of methoxy groups -OCH3 is 1. The molecular weight excluding hydrogens is 384 g/mol. The van der Waals surface area contributed by atoms with Crippen molar-refractivity contribution in [3.8, 4) is 11.5 Å². The molecule has 1 aliphatic rings. The highest BCUT2D eigenvalue weighted by Gasteiger charge is 2.25. The van der Waals surface area contributed by atoms with Gasteiger partial charge in [0.05, 0.1) is 13.4 Å². The third-order valence-electron chi connectivity index (χ3n) is 4.87. The van der Waals surface area contributed by atoms with E-state index in [0.29, 0.717) is 29.5 Å². The summed E-state index contributed by atoms with van der Waals surface area (Å²) < 4.78 is 15.9. The Bertz CT molecular complexity index is 1050. The van der Waals surface area contributed by atoms with E-state index in [4.69, 9.17) is 13.9 Å². The first kappa shape index (κ1) is 19.6. The van der Waals surface area contributed by atoms with Crippen molar-refractivity contribution in [3.63, 3.8) is 0 Å². The number of hydrogen-bond acceptors (Lipinski definition) is 5. The van der Waals surface area contributed by atoms with Crippen molar-refractivity contribution in [2.45, 2.75) is 12.8 Å². The lowest BCUT2D eigenvalue weighted by molar-refractivity contribution is -0.118. The van der Waals surface area contributed by atoms with Crippen LogP contribution >= 0.6 is 0 Å². The molecule has 154 valence electrons. The summed E-state index contributed by atoms with van der Waals surface area (Å²) in [4.78, 5) is 26.7. The predicted octanol–water partition coefficient (Wildman–Crippen LogP) is 3.90. The zero-order chi connectivity index (χ0) is 20.9. The Morgan fingerprint density at radius 3 is 2.77 bits per heavy atom. The van der Waals surface area contributed by atoms with Crippen LogP contribution in [-0.4, -0.2) is 32.1 Å². The van der Waals surface area contributed by atoms with Crippen molar-refractivity contribution in [3.05, 3.63) is 72.2 Å². The third-order valence-corrected chi connectivity index (χ3v) is 4.87. The molecule has 2 amide bonds. The van der Waals surface area contributed by atoms with Gasteiger partial charge >= 0.3 is 0 Å². The summed E-state index contributed by atoms with van der Waals surface area (Å²) in [5, 5.41) is 2.85. The zero-order valence-corrected chi connectivity index (χ0v) is 16.6. The highest BCUT2D eigenvalue weighted by Crippen LogP contribution is 2.31. The number of furan rings is 1. The largest absolute Gasteiger partial charge is 0.497 e. The molecule has 7 heteroatoms. The number of hydrogen-bond donors (Lipinski definition) is 1. The summed E-state index contributed by atoms with van der Waals surface area (Å²) in [6.45, 7) is 0.514. The molecule has 0 radical (unpaired) electrons. The van der Waals surface area contributed by atoms with Gasteiger partial charge in [0, 0.05) is 24.0 Å². The van der Waals surface area contributed by atoms with Crippen LogP contribution in [0.3, 0.4) is 0 Å². The molecule has 2 heterocycles. The Labute approximate surface area is 174 Å². The molecule has 0 aliphatic carbocycles. The fraction of sp³-hybridized carbons (Fsp3) is 0.217. The lowest BCUT2D eigenvalue weighted by atomic mass is 10.0. The number of benzene rings is 2. The molecule has 1 aliphatic heterocycles. The van der Waals surface area contributed by atoms with E-state index in [1.165, 1.54) is 6.26 Å². The van der Waals surface area contributed by atoms with Gasteiger partial charge in [0.1, 0.15) is 11.5 Å². The Balaban J connectivity index is 1.41. The number of nitrogens with one attached hydrogen (secondary N) is 1. The van der Waals surface area contributed by atoms with Gasteiger partial charge in [-0.25, -0.2) is 0 Å².